The summed E-state index contributed by atoms with van der Waals surface area (Å²) >= 11 is 0. The molecule has 2 fully saturated rings. The minimum atomic E-state index is 0.699. The second-order valence-corrected chi connectivity index (χ2v) is 5.34. The van der Waals surface area contributed by atoms with Gasteiger partial charge in [0.2, 0.25) is 0 Å². The summed E-state index contributed by atoms with van der Waals surface area (Å²) in [5, 5.41) is 3.39. The SMILES string of the molecule is c1ccc(C2CCC2)c(OC[C@H]2CCNC2)c1. The molecular formula is C15H21NO. The average molecular weight is 231 g/mol. The van der Waals surface area contributed by atoms with E-state index >= 15 is 0 Å². The molecule has 2 aliphatic rings. The maximum Gasteiger partial charge on any atom is 0.122 e. The van der Waals surface area contributed by atoms with E-state index in [9.17, 15) is 0 Å². The summed E-state index contributed by atoms with van der Waals surface area (Å²) in [7, 11) is 0. The number of hydrogen-bond acceptors (Lipinski definition) is 2. The summed E-state index contributed by atoms with van der Waals surface area (Å²) in [4.78, 5) is 0. The van der Waals surface area contributed by atoms with Crippen molar-refractivity contribution in [2.75, 3.05) is 19.7 Å². The van der Waals surface area contributed by atoms with Crippen molar-refractivity contribution in [3.8, 4) is 5.75 Å². The van der Waals surface area contributed by atoms with Crippen molar-refractivity contribution >= 4 is 0 Å². The minimum Gasteiger partial charge on any atom is -0.493 e. The number of benzene rings is 1. The molecule has 1 saturated carbocycles. The molecule has 92 valence electrons. The summed E-state index contributed by atoms with van der Waals surface area (Å²) in [6.45, 7) is 3.14. The summed E-state index contributed by atoms with van der Waals surface area (Å²) in [5.74, 6) is 2.58. The molecule has 1 aromatic rings. The number of ether oxygens (including phenoxy) is 1. The Morgan fingerprint density at radius 1 is 1.18 bits per heavy atom. The van der Waals surface area contributed by atoms with Crippen LogP contribution in [-0.2, 0) is 0 Å². The van der Waals surface area contributed by atoms with Crippen molar-refractivity contribution in [2.45, 2.75) is 31.6 Å². The van der Waals surface area contributed by atoms with Crippen LogP contribution in [0.5, 0.6) is 5.75 Å². The molecule has 2 heteroatoms. The first-order valence-corrected chi connectivity index (χ1v) is 6.86. The molecule has 0 amide bonds. The molecule has 1 saturated heterocycles. The number of hydrogen-bond donors (Lipinski definition) is 1. The smallest absolute Gasteiger partial charge is 0.122 e. The van der Waals surface area contributed by atoms with E-state index in [0.29, 0.717) is 5.92 Å². The van der Waals surface area contributed by atoms with E-state index in [1.165, 1.54) is 31.2 Å². The Kier molecular flexibility index (Phi) is 3.32. The van der Waals surface area contributed by atoms with Crippen molar-refractivity contribution in [2.24, 2.45) is 5.92 Å². The molecule has 0 bridgehead atoms. The molecule has 3 rings (SSSR count). The first kappa shape index (κ1) is 11.1. The third-order valence-corrected chi connectivity index (χ3v) is 4.10. The van der Waals surface area contributed by atoms with Gasteiger partial charge in [0.05, 0.1) is 6.61 Å². The van der Waals surface area contributed by atoms with Gasteiger partial charge in [-0.1, -0.05) is 24.6 Å². The normalized spacial score (nSPS) is 24.6. The van der Waals surface area contributed by atoms with Crippen LogP contribution in [-0.4, -0.2) is 19.7 Å². The number of para-hydroxylation sites is 1. The van der Waals surface area contributed by atoms with Crippen LogP contribution in [0.3, 0.4) is 0 Å². The predicted octanol–water partition coefficient (Wildman–Crippen LogP) is 2.94. The van der Waals surface area contributed by atoms with E-state index in [1.54, 1.807) is 0 Å². The van der Waals surface area contributed by atoms with Gasteiger partial charge in [-0.25, -0.2) is 0 Å². The topological polar surface area (TPSA) is 21.3 Å². The number of rotatable bonds is 4. The van der Waals surface area contributed by atoms with Gasteiger partial charge in [0.1, 0.15) is 5.75 Å². The van der Waals surface area contributed by atoms with Crippen LogP contribution in [0.2, 0.25) is 0 Å². The third kappa shape index (κ3) is 2.47. The van der Waals surface area contributed by atoms with Crippen LogP contribution in [0.4, 0.5) is 0 Å². The summed E-state index contributed by atoms with van der Waals surface area (Å²) in [6.07, 6.45) is 5.31. The van der Waals surface area contributed by atoms with Crippen LogP contribution in [0.1, 0.15) is 37.2 Å². The van der Waals surface area contributed by atoms with Crippen molar-refractivity contribution in [1.29, 1.82) is 0 Å². The minimum absolute atomic E-state index is 0.699. The molecule has 0 radical (unpaired) electrons. The van der Waals surface area contributed by atoms with Crippen molar-refractivity contribution in [3.05, 3.63) is 29.8 Å². The van der Waals surface area contributed by atoms with Crippen molar-refractivity contribution in [3.63, 3.8) is 0 Å². The molecule has 1 aliphatic heterocycles. The molecule has 0 aromatic heterocycles. The Morgan fingerprint density at radius 2 is 2.06 bits per heavy atom. The fraction of sp³-hybridized carbons (Fsp3) is 0.600. The highest BCUT2D eigenvalue weighted by Gasteiger charge is 2.23. The average Bonchev–Trinajstić information content (AvgIpc) is 2.78. The molecular weight excluding hydrogens is 210 g/mol. The Morgan fingerprint density at radius 3 is 2.76 bits per heavy atom. The van der Waals surface area contributed by atoms with Crippen LogP contribution < -0.4 is 10.1 Å². The Balaban J connectivity index is 1.64. The zero-order chi connectivity index (χ0) is 11.5. The van der Waals surface area contributed by atoms with E-state index < -0.39 is 0 Å². The van der Waals surface area contributed by atoms with Gasteiger partial charge in [-0.2, -0.15) is 0 Å². The molecule has 1 heterocycles. The lowest BCUT2D eigenvalue weighted by Crippen LogP contribution is -2.17. The predicted molar refractivity (Wildman–Crippen MR) is 69.5 cm³/mol. The van der Waals surface area contributed by atoms with Crippen LogP contribution in [0, 0.1) is 5.92 Å². The maximum atomic E-state index is 6.04. The van der Waals surface area contributed by atoms with Crippen LogP contribution in [0.15, 0.2) is 24.3 Å². The van der Waals surface area contributed by atoms with Gasteiger partial charge in [0, 0.05) is 12.5 Å². The zero-order valence-electron chi connectivity index (χ0n) is 10.3. The first-order valence-electron chi connectivity index (χ1n) is 6.86. The van der Waals surface area contributed by atoms with Gasteiger partial charge in [0.25, 0.3) is 0 Å². The lowest BCUT2D eigenvalue weighted by Gasteiger charge is -2.27. The fourth-order valence-corrected chi connectivity index (χ4v) is 2.73. The summed E-state index contributed by atoms with van der Waals surface area (Å²) < 4.78 is 6.04. The third-order valence-electron chi connectivity index (χ3n) is 4.10. The Hall–Kier alpha value is -1.02. The van der Waals surface area contributed by atoms with E-state index in [1.807, 2.05) is 0 Å². The van der Waals surface area contributed by atoms with Gasteiger partial charge in [0.15, 0.2) is 0 Å². The molecule has 17 heavy (non-hydrogen) atoms. The molecule has 1 aromatic carbocycles. The lowest BCUT2D eigenvalue weighted by atomic mass is 9.80. The van der Waals surface area contributed by atoms with Gasteiger partial charge in [-0.3, -0.25) is 0 Å². The first-order chi connectivity index (χ1) is 8.43. The largest absolute Gasteiger partial charge is 0.493 e. The highest BCUT2D eigenvalue weighted by Crippen LogP contribution is 2.40. The van der Waals surface area contributed by atoms with Gasteiger partial charge < -0.3 is 10.1 Å². The van der Waals surface area contributed by atoms with Crippen LogP contribution >= 0.6 is 0 Å². The second kappa shape index (κ2) is 5.09. The standard InChI is InChI=1S/C15H21NO/c1-2-7-15(14(6-1)13-4-3-5-13)17-11-12-8-9-16-10-12/h1-2,6-7,12-13,16H,3-5,8-11H2/t12-/m0/s1. The monoisotopic (exact) mass is 231 g/mol. The molecule has 1 aliphatic carbocycles. The van der Waals surface area contributed by atoms with Gasteiger partial charge >= 0.3 is 0 Å². The molecule has 0 spiro atoms. The lowest BCUT2D eigenvalue weighted by molar-refractivity contribution is 0.253. The molecule has 1 N–H and O–H groups in total. The van der Waals surface area contributed by atoms with Gasteiger partial charge in [-0.05, 0) is 43.4 Å². The second-order valence-electron chi connectivity index (χ2n) is 5.34. The van der Waals surface area contributed by atoms with E-state index in [4.69, 9.17) is 4.74 Å². The van der Waals surface area contributed by atoms with Crippen molar-refractivity contribution < 1.29 is 4.74 Å². The van der Waals surface area contributed by atoms with Gasteiger partial charge in [-0.15, -0.1) is 0 Å². The summed E-state index contributed by atoms with van der Waals surface area (Å²) in [5.41, 5.74) is 1.43. The molecule has 0 unspecified atom stereocenters. The van der Waals surface area contributed by atoms with E-state index in [2.05, 4.69) is 29.6 Å². The van der Waals surface area contributed by atoms with E-state index in [-0.39, 0.29) is 0 Å². The highest BCUT2D eigenvalue weighted by molar-refractivity contribution is 5.37. The summed E-state index contributed by atoms with van der Waals surface area (Å²) in [6, 6.07) is 8.60. The fourth-order valence-electron chi connectivity index (χ4n) is 2.73. The Bertz CT molecular complexity index is 367. The van der Waals surface area contributed by atoms with Crippen molar-refractivity contribution in [1.82, 2.24) is 5.32 Å². The van der Waals surface area contributed by atoms with Crippen LogP contribution in [0.25, 0.3) is 0 Å². The van der Waals surface area contributed by atoms with E-state index in [0.717, 1.165) is 31.4 Å². The quantitative estimate of drug-likeness (QED) is 0.860. The zero-order valence-corrected chi connectivity index (χ0v) is 10.3. The molecule has 1 atom stereocenters. The Labute approximate surface area is 103 Å². The highest BCUT2D eigenvalue weighted by atomic mass is 16.5. The molecule has 2 nitrogen and oxygen atoms in total. The maximum absolute atomic E-state index is 6.04. The number of nitrogens with one attached hydrogen (secondary N) is 1.